The van der Waals surface area contributed by atoms with Crippen molar-refractivity contribution in [3.8, 4) is 0 Å². The Balaban J connectivity index is 1.58. The highest BCUT2D eigenvalue weighted by Crippen LogP contribution is 2.30. The van der Waals surface area contributed by atoms with Crippen LogP contribution in [0.1, 0.15) is 29.0 Å². The van der Waals surface area contributed by atoms with Gasteiger partial charge in [0.1, 0.15) is 0 Å². The van der Waals surface area contributed by atoms with E-state index >= 15 is 0 Å². The number of benzene rings is 1. The minimum atomic E-state index is -0.257. The molecule has 2 N–H and O–H groups in total. The molecule has 0 saturated heterocycles. The molecule has 3 rings (SSSR count). The third-order valence-corrected chi connectivity index (χ3v) is 3.34. The summed E-state index contributed by atoms with van der Waals surface area (Å²) in [5.41, 5.74) is 1.68. The molecule has 1 aliphatic rings. The van der Waals surface area contributed by atoms with Crippen LogP contribution >= 0.6 is 0 Å². The second-order valence-corrected chi connectivity index (χ2v) is 5.12. The summed E-state index contributed by atoms with van der Waals surface area (Å²) in [6.45, 7) is 0.382. The molecule has 21 heavy (non-hydrogen) atoms. The Morgan fingerprint density at radius 1 is 1.19 bits per heavy atom. The lowest BCUT2D eigenvalue weighted by molar-refractivity contribution is -0.117. The molecule has 5 nitrogen and oxygen atoms in total. The number of anilines is 1. The average Bonchev–Trinajstić information content (AvgIpc) is 3.20. The number of carbonyl (C=O) groups is 2. The predicted molar refractivity (Wildman–Crippen MR) is 77.7 cm³/mol. The zero-order valence-electron chi connectivity index (χ0n) is 11.5. The van der Waals surface area contributed by atoms with Crippen molar-refractivity contribution in [3.63, 3.8) is 0 Å². The molecule has 1 aromatic carbocycles. The topological polar surface area (TPSA) is 71.3 Å². The van der Waals surface area contributed by atoms with Crippen LogP contribution < -0.4 is 10.6 Å². The fourth-order valence-electron chi connectivity index (χ4n) is 2.03. The van der Waals surface area contributed by atoms with Gasteiger partial charge >= 0.3 is 0 Å². The summed E-state index contributed by atoms with van der Waals surface area (Å²) in [5, 5.41) is 5.66. The van der Waals surface area contributed by atoms with E-state index < -0.39 is 0 Å². The van der Waals surface area contributed by atoms with Gasteiger partial charge in [-0.3, -0.25) is 9.59 Å². The van der Waals surface area contributed by atoms with E-state index in [-0.39, 0.29) is 23.5 Å². The minimum Gasteiger partial charge on any atom is -0.459 e. The molecule has 1 aromatic heterocycles. The number of rotatable bonds is 5. The number of amides is 2. The van der Waals surface area contributed by atoms with Gasteiger partial charge in [-0.05, 0) is 42.7 Å². The number of furan rings is 1. The third-order valence-electron chi connectivity index (χ3n) is 3.34. The number of hydrogen-bond acceptors (Lipinski definition) is 3. The number of hydrogen-bond donors (Lipinski definition) is 2. The zero-order valence-corrected chi connectivity index (χ0v) is 11.5. The Kier molecular flexibility index (Phi) is 3.73. The lowest BCUT2D eigenvalue weighted by Gasteiger charge is -2.07. The van der Waals surface area contributed by atoms with Crippen LogP contribution in [0.3, 0.4) is 0 Å². The Bertz CT molecular complexity index is 645. The van der Waals surface area contributed by atoms with Gasteiger partial charge in [-0.2, -0.15) is 0 Å². The van der Waals surface area contributed by atoms with Gasteiger partial charge in [0.25, 0.3) is 5.91 Å². The molecule has 0 unspecified atom stereocenters. The molecule has 0 radical (unpaired) electrons. The highest BCUT2D eigenvalue weighted by Gasteiger charge is 2.29. The van der Waals surface area contributed by atoms with Gasteiger partial charge in [0, 0.05) is 18.2 Å². The fraction of sp³-hybridized carbons (Fsp3) is 0.250. The molecule has 1 saturated carbocycles. The molecule has 0 aliphatic heterocycles. The highest BCUT2D eigenvalue weighted by atomic mass is 16.3. The molecule has 0 atom stereocenters. The standard InChI is InChI=1S/C16H16N2O3/c19-15(12-6-7-12)18-13-4-1-3-11(9-13)10-17-16(20)14-5-2-8-21-14/h1-5,8-9,12H,6-7,10H2,(H,17,20)(H,18,19). The SMILES string of the molecule is O=C(NCc1cccc(NC(=O)C2CC2)c1)c1ccco1. The van der Waals surface area contributed by atoms with Crippen molar-refractivity contribution >= 4 is 17.5 Å². The van der Waals surface area contributed by atoms with E-state index in [0.717, 1.165) is 24.1 Å². The quantitative estimate of drug-likeness (QED) is 0.886. The van der Waals surface area contributed by atoms with Crippen LogP contribution in [-0.2, 0) is 11.3 Å². The van der Waals surface area contributed by atoms with Gasteiger partial charge in [0.05, 0.1) is 6.26 Å². The van der Waals surface area contributed by atoms with Crippen LogP contribution in [0.2, 0.25) is 0 Å². The molecule has 0 bridgehead atoms. The van der Waals surface area contributed by atoms with Crippen LogP contribution in [0.5, 0.6) is 0 Å². The maximum absolute atomic E-state index is 11.8. The van der Waals surface area contributed by atoms with Crippen molar-refractivity contribution in [3.05, 3.63) is 54.0 Å². The molecule has 2 aromatic rings. The normalized spacial score (nSPS) is 13.7. The summed E-state index contributed by atoms with van der Waals surface area (Å²) in [6, 6.07) is 10.7. The predicted octanol–water partition coefficient (Wildman–Crippen LogP) is 2.56. The lowest BCUT2D eigenvalue weighted by atomic mass is 10.2. The first-order chi connectivity index (χ1) is 10.2. The summed E-state index contributed by atoms with van der Waals surface area (Å²) in [4.78, 5) is 23.5. The molecule has 5 heteroatoms. The Labute approximate surface area is 122 Å². The van der Waals surface area contributed by atoms with E-state index in [1.165, 1.54) is 6.26 Å². The zero-order chi connectivity index (χ0) is 14.7. The first-order valence-electron chi connectivity index (χ1n) is 6.94. The first-order valence-corrected chi connectivity index (χ1v) is 6.94. The number of nitrogens with one attached hydrogen (secondary N) is 2. The van der Waals surface area contributed by atoms with E-state index in [9.17, 15) is 9.59 Å². The second kappa shape index (κ2) is 5.83. The Hall–Kier alpha value is -2.56. The summed E-state index contributed by atoms with van der Waals surface area (Å²) < 4.78 is 5.02. The molecule has 1 heterocycles. The highest BCUT2D eigenvalue weighted by molar-refractivity contribution is 5.94. The van der Waals surface area contributed by atoms with Crippen LogP contribution in [0, 0.1) is 5.92 Å². The van der Waals surface area contributed by atoms with E-state index in [0.29, 0.717) is 6.54 Å². The molecule has 1 aliphatic carbocycles. The molecular weight excluding hydrogens is 268 g/mol. The van der Waals surface area contributed by atoms with Crippen molar-refractivity contribution in [2.24, 2.45) is 5.92 Å². The van der Waals surface area contributed by atoms with Crippen molar-refractivity contribution in [2.45, 2.75) is 19.4 Å². The van der Waals surface area contributed by atoms with Gasteiger partial charge < -0.3 is 15.1 Å². The maximum Gasteiger partial charge on any atom is 0.287 e. The summed E-state index contributed by atoms with van der Waals surface area (Å²) >= 11 is 0. The van der Waals surface area contributed by atoms with Crippen LogP contribution in [-0.4, -0.2) is 11.8 Å². The average molecular weight is 284 g/mol. The molecule has 2 amide bonds. The van der Waals surface area contributed by atoms with Gasteiger partial charge in [-0.25, -0.2) is 0 Å². The van der Waals surface area contributed by atoms with E-state index in [4.69, 9.17) is 4.42 Å². The van der Waals surface area contributed by atoms with Gasteiger partial charge in [-0.15, -0.1) is 0 Å². The monoisotopic (exact) mass is 284 g/mol. The van der Waals surface area contributed by atoms with Crippen LogP contribution in [0.25, 0.3) is 0 Å². The van der Waals surface area contributed by atoms with Gasteiger partial charge in [0.15, 0.2) is 5.76 Å². The summed E-state index contributed by atoms with van der Waals surface area (Å²) in [5.74, 6) is 0.277. The summed E-state index contributed by atoms with van der Waals surface area (Å²) in [6.07, 6.45) is 3.42. The van der Waals surface area contributed by atoms with Gasteiger partial charge in [-0.1, -0.05) is 12.1 Å². The Morgan fingerprint density at radius 3 is 2.76 bits per heavy atom. The molecule has 108 valence electrons. The smallest absolute Gasteiger partial charge is 0.287 e. The van der Waals surface area contributed by atoms with E-state index in [1.807, 2.05) is 24.3 Å². The largest absolute Gasteiger partial charge is 0.459 e. The van der Waals surface area contributed by atoms with Crippen molar-refractivity contribution in [2.75, 3.05) is 5.32 Å². The molecule has 0 spiro atoms. The van der Waals surface area contributed by atoms with Crippen LogP contribution in [0.15, 0.2) is 47.1 Å². The van der Waals surface area contributed by atoms with Crippen molar-refractivity contribution in [1.29, 1.82) is 0 Å². The first kappa shape index (κ1) is 13.4. The number of carbonyl (C=O) groups excluding carboxylic acids is 2. The summed E-state index contributed by atoms with van der Waals surface area (Å²) in [7, 11) is 0. The minimum absolute atomic E-state index is 0.0757. The van der Waals surface area contributed by atoms with Crippen LogP contribution in [0.4, 0.5) is 5.69 Å². The maximum atomic E-state index is 11.8. The van der Waals surface area contributed by atoms with E-state index in [2.05, 4.69) is 10.6 Å². The second-order valence-electron chi connectivity index (χ2n) is 5.12. The van der Waals surface area contributed by atoms with Crippen molar-refractivity contribution in [1.82, 2.24) is 5.32 Å². The molecule has 1 fully saturated rings. The fourth-order valence-corrected chi connectivity index (χ4v) is 2.03. The third kappa shape index (κ3) is 3.51. The van der Waals surface area contributed by atoms with Crippen molar-refractivity contribution < 1.29 is 14.0 Å². The van der Waals surface area contributed by atoms with Gasteiger partial charge in [0.2, 0.25) is 5.91 Å². The molecular formula is C16H16N2O3. The Morgan fingerprint density at radius 2 is 2.05 bits per heavy atom. The van der Waals surface area contributed by atoms with E-state index in [1.54, 1.807) is 12.1 Å². The lowest BCUT2D eigenvalue weighted by Crippen LogP contribution is -2.22.